The Labute approximate surface area is 78.2 Å². The van der Waals surface area contributed by atoms with Crippen molar-refractivity contribution in [1.29, 1.82) is 0 Å². The van der Waals surface area contributed by atoms with E-state index in [-0.39, 0.29) is 11.9 Å². The van der Waals surface area contributed by atoms with Gasteiger partial charge in [0, 0.05) is 12.1 Å². The van der Waals surface area contributed by atoms with Gasteiger partial charge in [-0.3, -0.25) is 4.79 Å². The minimum Gasteiger partial charge on any atom is -0.332 e. The van der Waals surface area contributed by atoms with Gasteiger partial charge in [0.05, 0.1) is 6.04 Å². The molecule has 0 N–H and O–H groups in total. The van der Waals surface area contributed by atoms with E-state index in [0.717, 1.165) is 17.7 Å². The van der Waals surface area contributed by atoms with Gasteiger partial charge in [-0.05, 0) is 25.5 Å². The SMILES string of the molecule is CCN1C(=O)c2ccccc2C1C. The molecule has 0 bridgehead atoms. The van der Waals surface area contributed by atoms with E-state index in [1.807, 2.05) is 36.1 Å². The van der Waals surface area contributed by atoms with Crippen LogP contribution in [0.2, 0.25) is 0 Å². The molecule has 1 aliphatic rings. The molecule has 0 saturated heterocycles. The van der Waals surface area contributed by atoms with Crippen LogP contribution in [0, 0.1) is 0 Å². The Morgan fingerprint density at radius 1 is 1.38 bits per heavy atom. The molecule has 1 aliphatic heterocycles. The van der Waals surface area contributed by atoms with Crippen LogP contribution in [0.1, 0.15) is 35.8 Å². The third-order valence-corrected chi connectivity index (χ3v) is 2.71. The maximum absolute atomic E-state index is 11.8. The summed E-state index contributed by atoms with van der Waals surface area (Å²) in [5.41, 5.74) is 2.03. The fourth-order valence-electron chi connectivity index (χ4n) is 1.97. The second-order valence-electron chi connectivity index (χ2n) is 3.35. The highest BCUT2D eigenvalue weighted by Gasteiger charge is 2.31. The Kier molecular flexibility index (Phi) is 1.83. The molecule has 1 atom stereocenters. The zero-order valence-corrected chi connectivity index (χ0v) is 7.95. The van der Waals surface area contributed by atoms with Crippen LogP contribution in [0.4, 0.5) is 0 Å². The lowest BCUT2D eigenvalue weighted by Gasteiger charge is -2.19. The fraction of sp³-hybridized carbons (Fsp3) is 0.364. The van der Waals surface area contributed by atoms with Crippen LogP contribution >= 0.6 is 0 Å². The van der Waals surface area contributed by atoms with Crippen molar-refractivity contribution in [3.05, 3.63) is 35.4 Å². The lowest BCUT2D eigenvalue weighted by atomic mass is 10.1. The van der Waals surface area contributed by atoms with E-state index in [1.54, 1.807) is 0 Å². The molecule has 2 rings (SSSR count). The summed E-state index contributed by atoms with van der Waals surface area (Å²) in [4.78, 5) is 13.7. The molecule has 0 spiro atoms. The maximum Gasteiger partial charge on any atom is 0.254 e. The molecule has 1 heterocycles. The quantitative estimate of drug-likeness (QED) is 0.641. The zero-order chi connectivity index (χ0) is 9.42. The highest BCUT2D eigenvalue weighted by atomic mass is 16.2. The van der Waals surface area contributed by atoms with Crippen molar-refractivity contribution in [2.45, 2.75) is 19.9 Å². The fourth-order valence-corrected chi connectivity index (χ4v) is 1.97. The van der Waals surface area contributed by atoms with Gasteiger partial charge in [-0.15, -0.1) is 0 Å². The van der Waals surface area contributed by atoms with Gasteiger partial charge in [-0.2, -0.15) is 0 Å². The summed E-state index contributed by atoms with van der Waals surface area (Å²) in [6.07, 6.45) is 0. The molecular weight excluding hydrogens is 162 g/mol. The summed E-state index contributed by atoms with van der Waals surface area (Å²) in [5.74, 6) is 0.172. The largest absolute Gasteiger partial charge is 0.332 e. The summed E-state index contributed by atoms with van der Waals surface area (Å²) < 4.78 is 0. The number of nitrogens with zero attached hydrogens (tertiary/aromatic N) is 1. The van der Waals surface area contributed by atoms with Crippen LogP contribution in [-0.4, -0.2) is 17.4 Å². The van der Waals surface area contributed by atoms with Gasteiger partial charge in [0.2, 0.25) is 0 Å². The molecule has 2 heteroatoms. The van der Waals surface area contributed by atoms with Crippen LogP contribution in [0.15, 0.2) is 24.3 Å². The topological polar surface area (TPSA) is 20.3 Å². The first kappa shape index (κ1) is 8.30. The summed E-state index contributed by atoms with van der Waals surface area (Å²) in [5, 5.41) is 0. The van der Waals surface area contributed by atoms with Crippen LogP contribution in [0.3, 0.4) is 0 Å². The van der Waals surface area contributed by atoms with Crippen molar-refractivity contribution in [3.8, 4) is 0 Å². The van der Waals surface area contributed by atoms with Gasteiger partial charge in [0.15, 0.2) is 0 Å². The highest BCUT2D eigenvalue weighted by Crippen LogP contribution is 2.32. The number of rotatable bonds is 1. The van der Waals surface area contributed by atoms with Crippen molar-refractivity contribution in [2.24, 2.45) is 0 Å². The van der Waals surface area contributed by atoms with Gasteiger partial charge < -0.3 is 4.90 Å². The number of benzene rings is 1. The van der Waals surface area contributed by atoms with Crippen molar-refractivity contribution >= 4 is 5.91 Å². The molecule has 0 aromatic heterocycles. The van der Waals surface area contributed by atoms with E-state index in [9.17, 15) is 4.79 Å². The number of carbonyl (C=O) groups excluding carboxylic acids is 1. The van der Waals surface area contributed by atoms with Gasteiger partial charge in [-0.25, -0.2) is 0 Å². The van der Waals surface area contributed by atoms with Crippen LogP contribution in [0.25, 0.3) is 0 Å². The third-order valence-electron chi connectivity index (χ3n) is 2.71. The van der Waals surface area contributed by atoms with Gasteiger partial charge in [0.1, 0.15) is 0 Å². The molecule has 1 aromatic carbocycles. The van der Waals surface area contributed by atoms with Crippen molar-refractivity contribution in [3.63, 3.8) is 0 Å². The van der Waals surface area contributed by atoms with Gasteiger partial charge in [-0.1, -0.05) is 18.2 Å². The normalized spacial score (nSPS) is 20.6. The Morgan fingerprint density at radius 3 is 2.69 bits per heavy atom. The second kappa shape index (κ2) is 2.87. The summed E-state index contributed by atoms with van der Waals surface area (Å²) in [6.45, 7) is 4.88. The second-order valence-corrected chi connectivity index (χ2v) is 3.35. The average Bonchev–Trinajstić information content (AvgIpc) is 2.41. The lowest BCUT2D eigenvalue weighted by Crippen LogP contribution is -2.25. The monoisotopic (exact) mass is 175 g/mol. The number of hydrogen-bond acceptors (Lipinski definition) is 1. The molecule has 13 heavy (non-hydrogen) atoms. The Bertz CT molecular complexity index is 346. The molecule has 2 nitrogen and oxygen atoms in total. The number of carbonyl (C=O) groups is 1. The summed E-state index contributed by atoms with van der Waals surface area (Å²) in [6, 6.07) is 8.09. The first-order chi connectivity index (χ1) is 6.25. The summed E-state index contributed by atoms with van der Waals surface area (Å²) >= 11 is 0. The molecule has 1 amide bonds. The van der Waals surface area contributed by atoms with Crippen LogP contribution < -0.4 is 0 Å². The highest BCUT2D eigenvalue weighted by molar-refractivity contribution is 5.99. The standard InChI is InChI=1S/C11H13NO/c1-3-12-8(2)9-6-4-5-7-10(9)11(12)13/h4-8H,3H2,1-2H3. The van der Waals surface area contributed by atoms with E-state index in [2.05, 4.69) is 6.92 Å². The predicted molar refractivity (Wildman–Crippen MR) is 51.6 cm³/mol. The van der Waals surface area contributed by atoms with Crippen molar-refractivity contribution in [2.75, 3.05) is 6.54 Å². The van der Waals surface area contributed by atoms with Crippen LogP contribution in [0.5, 0.6) is 0 Å². The molecule has 0 saturated carbocycles. The minimum absolute atomic E-state index is 0.172. The molecule has 68 valence electrons. The average molecular weight is 175 g/mol. The van der Waals surface area contributed by atoms with E-state index in [0.29, 0.717) is 0 Å². The molecule has 0 radical (unpaired) electrons. The number of amides is 1. The Hall–Kier alpha value is -1.31. The molecule has 0 aliphatic carbocycles. The van der Waals surface area contributed by atoms with E-state index in [4.69, 9.17) is 0 Å². The van der Waals surface area contributed by atoms with Gasteiger partial charge >= 0.3 is 0 Å². The van der Waals surface area contributed by atoms with Gasteiger partial charge in [0.25, 0.3) is 5.91 Å². The maximum atomic E-state index is 11.8. The molecule has 0 fully saturated rings. The minimum atomic E-state index is 0.172. The molecule has 1 unspecified atom stereocenters. The Balaban J connectivity index is 2.50. The molecular formula is C11H13NO. The van der Waals surface area contributed by atoms with Crippen LogP contribution in [-0.2, 0) is 0 Å². The van der Waals surface area contributed by atoms with E-state index in [1.165, 1.54) is 0 Å². The van der Waals surface area contributed by atoms with E-state index < -0.39 is 0 Å². The predicted octanol–water partition coefficient (Wildman–Crippen LogP) is 2.22. The summed E-state index contributed by atoms with van der Waals surface area (Å²) in [7, 11) is 0. The smallest absolute Gasteiger partial charge is 0.254 e. The molecule has 1 aromatic rings. The van der Waals surface area contributed by atoms with Crippen molar-refractivity contribution < 1.29 is 4.79 Å². The number of fused-ring (bicyclic) bond motifs is 1. The Morgan fingerprint density at radius 2 is 2.08 bits per heavy atom. The third kappa shape index (κ3) is 1.05. The van der Waals surface area contributed by atoms with E-state index >= 15 is 0 Å². The first-order valence-corrected chi connectivity index (χ1v) is 4.65. The van der Waals surface area contributed by atoms with Crippen molar-refractivity contribution in [1.82, 2.24) is 4.90 Å². The first-order valence-electron chi connectivity index (χ1n) is 4.65. The number of hydrogen-bond donors (Lipinski definition) is 0. The zero-order valence-electron chi connectivity index (χ0n) is 7.95. The lowest BCUT2D eigenvalue weighted by molar-refractivity contribution is 0.0748.